The fraction of sp³-hybridized carbons (Fsp3) is 0.588. The van der Waals surface area contributed by atoms with Crippen LogP contribution in [0.2, 0.25) is 0 Å². The zero-order valence-electron chi connectivity index (χ0n) is 14.1. The standard InChI is InChI=1S/C17H22BNO4/c1-16(2)17(3,4)23-18(22-16)12-6-5-11-8-19(13-9-21-10-13)15(20)14(11)7-12/h5-7,13H,8-10H2,1-4H3. The third-order valence-corrected chi connectivity index (χ3v) is 5.55. The molecule has 3 heterocycles. The van der Waals surface area contributed by atoms with E-state index in [0.29, 0.717) is 19.8 Å². The minimum Gasteiger partial charge on any atom is -0.399 e. The van der Waals surface area contributed by atoms with Gasteiger partial charge in [0.2, 0.25) is 0 Å². The zero-order valence-corrected chi connectivity index (χ0v) is 14.1. The van der Waals surface area contributed by atoms with Crippen molar-refractivity contribution < 1.29 is 18.8 Å². The number of rotatable bonds is 2. The second-order valence-electron chi connectivity index (χ2n) is 7.63. The van der Waals surface area contributed by atoms with E-state index in [0.717, 1.165) is 16.6 Å². The summed E-state index contributed by atoms with van der Waals surface area (Å²) in [6.07, 6.45) is 0. The number of carbonyl (C=O) groups is 1. The summed E-state index contributed by atoms with van der Waals surface area (Å²) in [5.41, 5.74) is 1.99. The van der Waals surface area contributed by atoms with Crippen LogP contribution in [0, 0.1) is 0 Å². The molecule has 1 aromatic rings. The van der Waals surface area contributed by atoms with Gasteiger partial charge in [-0.1, -0.05) is 12.1 Å². The Balaban J connectivity index is 1.60. The summed E-state index contributed by atoms with van der Waals surface area (Å²) in [4.78, 5) is 14.5. The lowest BCUT2D eigenvalue weighted by Gasteiger charge is -2.34. The van der Waals surface area contributed by atoms with Crippen LogP contribution in [-0.2, 0) is 20.6 Å². The molecule has 0 aromatic heterocycles. The van der Waals surface area contributed by atoms with Crippen molar-refractivity contribution in [2.24, 2.45) is 0 Å². The first-order valence-electron chi connectivity index (χ1n) is 8.16. The molecule has 5 nitrogen and oxygen atoms in total. The normalized spacial score (nSPS) is 25.7. The van der Waals surface area contributed by atoms with Gasteiger partial charge in [-0.05, 0) is 44.8 Å². The Kier molecular flexibility index (Phi) is 3.18. The maximum Gasteiger partial charge on any atom is 0.494 e. The molecule has 4 rings (SSSR count). The molecule has 0 unspecified atom stereocenters. The van der Waals surface area contributed by atoms with Crippen molar-refractivity contribution >= 4 is 18.5 Å². The molecule has 122 valence electrons. The van der Waals surface area contributed by atoms with E-state index < -0.39 is 7.12 Å². The van der Waals surface area contributed by atoms with Crippen molar-refractivity contribution in [3.63, 3.8) is 0 Å². The Labute approximate surface area is 137 Å². The van der Waals surface area contributed by atoms with Crippen LogP contribution in [0.1, 0.15) is 43.6 Å². The molecule has 1 aromatic carbocycles. The molecule has 3 aliphatic heterocycles. The molecule has 0 spiro atoms. The van der Waals surface area contributed by atoms with Gasteiger partial charge in [0, 0.05) is 12.1 Å². The maximum absolute atomic E-state index is 12.6. The van der Waals surface area contributed by atoms with Crippen molar-refractivity contribution in [1.82, 2.24) is 4.90 Å². The Morgan fingerprint density at radius 2 is 1.78 bits per heavy atom. The molecule has 3 aliphatic rings. The van der Waals surface area contributed by atoms with Gasteiger partial charge in [-0.25, -0.2) is 0 Å². The van der Waals surface area contributed by atoms with Crippen molar-refractivity contribution in [2.45, 2.75) is 51.5 Å². The van der Waals surface area contributed by atoms with Gasteiger partial charge in [0.15, 0.2) is 0 Å². The maximum atomic E-state index is 12.6. The largest absolute Gasteiger partial charge is 0.494 e. The van der Waals surface area contributed by atoms with Gasteiger partial charge in [0.05, 0.1) is 30.5 Å². The highest BCUT2D eigenvalue weighted by atomic mass is 16.7. The van der Waals surface area contributed by atoms with Crippen molar-refractivity contribution in [3.8, 4) is 0 Å². The van der Waals surface area contributed by atoms with E-state index in [1.807, 2.05) is 50.8 Å². The molecule has 0 aliphatic carbocycles. The summed E-state index contributed by atoms with van der Waals surface area (Å²) in [5, 5.41) is 0. The van der Waals surface area contributed by atoms with Crippen LogP contribution in [0.3, 0.4) is 0 Å². The van der Waals surface area contributed by atoms with E-state index in [9.17, 15) is 4.79 Å². The number of benzene rings is 1. The highest BCUT2D eigenvalue weighted by molar-refractivity contribution is 6.62. The van der Waals surface area contributed by atoms with Gasteiger partial charge < -0.3 is 18.9 Å². The first-order valence-corrected chi connectivity index (χ1v) is 8.16. The summed E-state index contributed by atoms with van der Waals surface area (Å²) >= 11 is 0. The highest BCUT2D eigenvalue weighted by Gasteiger charge is 2.52. The van der Waals surface area contributed by atoms with Crippen LogP contribution in [0.15, 0.2) is 18.2 Å². The number of hydrogen-bond donors (Lipinski definition) is 0. The summed E-state index contributed by atoms with van der Waals surface area (Å²) in [6, 6.07) is 6.18. The Morgan fingerprint density at radius 3 is 2.35 bits per heavy atom. The van der Waals surface area contributed by atoms with Gasteiger partial charge in [-0.15, -0.1) is 0 Å². The van der Waals surface area contributed by atoms with E-state index in [2.05, 4.69) is 0 Å². The van der Waals surface area contributed by atoms with E-state index in [4.69, 9.17) is 14.0 Å². The van der Waals surface area contributed by atoms with Gasteiger partial charge in [0.1, 0.15) is 0 Å². The first kappa shape index (κ1) is 15.2. The number of ether oxygens (including phenoxy) is 1. The second-order valence-corrected chi connectivity index (χ2v) is 7.63. The molecule has 0 N–H and O–H groups in total. The van der Waals surface area contributed by atoms with Gasteiger partial charge in [0.25, 0.3) is 5.91 Å². The number of amides is 1. The second kappa shape index (κ2) is 4.82. The predicted octanol–water partition coefficient (Wildman–Crippen LogP) is 1.34. The van der Waals surface area contributed by atoms with E-state index in [1.165, 1.54) is 0 Å². The van der Waals surface area contributed by atoms with Crippen LogP contribution >= 0.6 is 0 Å². The van der Waals surface area contributed by atoms with E-state index in [1.54, 1.807) is 0 Å². The molecule has 2 saturated heterocycles. The summed E-state index contributed by atoms with van der Waals surface area (Å²) in [5.74, 6) is 0.0895. The van der Waals surface area contributed by atoms with Crippen LogP contribution < -0.4 is 5.46 Å². The van der Waals surface area contributed by atoms with E-state index >= 15 is 0 Å². The third-order valence-electron chi connectivity index (χ3n) is 5.55. The average molecular weight is 315 g/mol. The van der Waals surface area contributed by atoms with E-state index in [-0.39, 0.29) is 23.2 Å². The predicted molar refractivity (Wildman–Crippen MR) is 86.6 cm³/mol. The minimum atomic E-state index is -0.431. The van der Waals surface area contributed by atoms with Crippen molar-refractivity contribution in [2.75, 3.05) is 13.2 Å². The lowest BCUT2D eigenvalue weighted by Crippen LogP contribution is -2.49. The van der Waals surface area contributed by atoms with Crippen molar-refractivity contribution in [1.29, 1.82) is 0 Å². The monoisotopic (exact) mass is 315 g/mol. The first-order chi connectivity index (χ1) is 10.8. The number of fused-ring (bicyclic) bond motifs is 1. The highest BCUT2D eigenvalue weighted by Crippen LogP contribution is 2.37. The lowest BCUT2D eigenvalue weighted by molar-refractivity contribution is -0.0540. The molecule has 6 heteroatoms. The molecule has 23 heavy (non-hydrogen) atoms. The molecule has 0 atom stereocenters. The van der Waals surface area contributed by atoms with Crippen LogP contribution in [0.4, 0.5) is 0 Å². The van der Waals surface area contributed by atoms with Gasteiger partial charge >= 0.3 is 7.12 Å². The average Bonchev–Trinajstić information content (AvgIpc) is 2.83. The molecule has 0 radical (unpaired) electrons. The topological polar surface area (TPSA) is 48.0 Å². The van der Waals surface area contributed by atoms with Gasteiger partial charge in [-0.3, -0.25) is 4.79 Å². The number of nitrogens with zero attached hydrogens (tertiary/aromatic N) is 1. The van der Waals surface area contributed by atoms with Crippen LogP contribution in [-0.4, -0.2) is 48.4 Å². The van der Waals surface area contributed by atoms with Crippen LogP contribution in [0.5, 0.6) is 0 Å². The zero-order chi connectivity index (χ0) is 16.4. The summed E-state index contributed by atoms with van der Waals surface area (Å²) in [7, 11) is -0.431. The number of carbonyl (C=O) groups excluding carboxylic acids is 1. The Bertz CT molecular complexity index is 653. The Morgan fingerprint density at radius 1 is 1.13 bits per heavy atom. The van der Waals surface area contributed by atoms with Crippen LogP contribution in [0.25, 0.3) is 0 Å². The molecule has 2 fully saturated rings. The fourth-order valence-corrected chi connectivity index (χ4v) is 3.16. The fourth-order valence-electron chi connectivity index (χ4n) is 3.16. The number of hydrogen-bond acceptors (Lipinski definition) is 4. The molecule has 0 saturated carbocycles. The lowest BCUT2D eigenvalue weighted by atomic mass is 9.78. The Hall–Kier alpha value is -1.37. The third kappa shape index (κ3) is 2.23. The molecular formula is C17H22BNO4. The van der Waals surface area contributed by atoms with Gasteiger partial charge in [-0.2, -0.15) is 0 Å². The molecular weight excluding hydrogens is 293 g/mol. The molecule has 1 amide bonds. The quantitative estimate of drug-likeness (QED) is 0.773. The SMILES string of the molecule is CC1(C)OB(c2ccc3c(c2)C(=O)N(C2COC2)C3)OC1(C)C. The minimum absolute atomic E-state index is 0.0895. The smallest absolute Gasteiger partial charge is 0.399 e. The summed E-state index contributed by atoms with van der Waals surface area (Å²) < 4.78 is 17.4. The summed E-state index contributed by atoms with van der Waals surface area (Å²) in [6.45, 7) is 10.1. The molecule has 0 bridgehead atoms. The van der Waals surface area contributed by atoms with Crippen molar-refractivity contribution in [3.05, 3.63) is 29.3 Å².